The molecule has 3 rings (SSSR count). The molecule has 27 heavy (non-hydrogen) atoms. The number of rotatable bonds is 6. The standard InChI is InChI=1S/C20H20N2O4S/c1-5-10-22-16-8-6-14(25-3)12-18(16)27-20(22)21-19(23)15-11-13(24-2)7-9-17(15)26-4/h5-9,11-12H,1,10H2,2-4H3. The van der Waals surface area contributed by atoms with Gasteiger partial charge < -0.3 is 18.8 Å². The summed E-state index contributed by atoms with van der Waals surface area (Å²) in [6, 6.07) is 10.8. The monoisotopic (exact) mass is 384 g/mol. The molecule has 0 spiro atoms. The van der Waals surface area contributed by atoms with Crippen molar-refractivity contribution in [2.75, 3.05) is 21.3 Å². The largest absolute Gasteiger partial charge is 0.497 e. The number of methoxy groups -OCH3 is 3. The molecular formula is C20H20N2O4S. The van der Waals surface area contributed by atoms with Gasteiger partial charge in [0, 0.05) is 6.54 Å². The van der Waals surface area contributed by atoms with Crippen LogP contribution in [0.3, 0.4) is 0 Å². The van der Waals surface area contributed by atoms with Crippen molar-refractivity contribution in [1.82, 2.24) is 4.57 Å². The van der Waals surface area contributed by atoms with Crippen LogP contribution >= 0.6 is 11.3 Å². The molecule has 0 radical (unpaired) electrons. The molecule has 0 saturated carbocycles. The average molecular weight is 384 g/mol. The Labute approximate surface area is 161 Å². The van der Waals surface area contributed by atoms with Crippen LogP contribution < -0.4 is 19.0 Å². The number of nitrogens with zero attached hydrogens (tertiary/aromatic N) is 2. The van der Waals surface area contributed by atoms with Crippen LogP contribution in [0.4, 0.5) is 0 Å². The van der Waals surface area contributed by atoms with Crippen LogP contribution in [-0.2, 0) is 6.54 Å². The van der Waals surface area contributed by atoms with E-state index in [-0.39, 0.29) is 0 Å². The van der Waals surface area contributed by atoms with Gasteiger partial charge in [0.1, 0.15) is 17.2 Å². The van der Waals surface area contributed by atoms with E-state index in [9.17, 15) is 4.79 Å². The number of carbonyl (C=O) groups is 1. The maximum atomic E-state index is 12.9. The van der Waals surface area contributed by atoms with Crippen molar-refractivity contribution in [3.63, 3.8) is 0 Å². The van der Waals surface area contributed by atoms with Gasteiger partial charge in [0.25, 0.3) is 5.91 Å². The first kappa shape index (κ1) is 18.7. The summed E-state index contributed by atoms with van der Waals surface area (Å²) in [6.07, 6.45) is 1.77. The van der Waals surface area contributed by atoms with Gasteiger partial charge in [-0.25, -0.2) is 0 Å². The zero-order chi connectivity index (χ0) is 19.4. The van der Waals surface area contributed by atoms with Crippen molar-refractivity contribution in [3.8, 4) is 17.2 Å². The number of ether oxygens (including phenoxy) is 3. The summed E-state index contributed by atoms with van der Waals surface area (Å²) in [7, 11) is 4.68. The van der Waals surface area contributed by atoms with Crippen LogP contribution in [0.2, 0.25) is 0 Å². The van der Waals surface area contributed by atoms with Gasteiger partial charge in [0.15, 0.2) is 4.80 Å². The van der Waals surface area contributed by atoms with E-state index in [1.807, 2.05) is 22.8 Å². The van der Waals surface area contributed by atoms with E-state index in [0.717, 1.165) is 16.0 Å². The molecule has 1 amide bonds. The Kier molecular flexibility index (Phi) is 5.61. The molecule has 0 aliphatic carbocycles. The lowest BCUT2D eigenvalue weighted by atomic mass is 10.2. The Morgan fingerprint density at radius 1 is 1.11 bits per heavy atom. The molecule has 2 aromatic carbocycles. The van der Waals surface area contributed by atoms with Gasteiger partial charge in [-0.1, -0.05) is 17.4 Å². The van der Waals surface area contributed by atoms with Crippen LogP contribution in [0.15, 0.2) is 54.0 Å². The van der Waals surface area contributed by atoms with Crippen molar-refractivity contribution in [1.29, 1.82) is 0 Å². The van der Waals surface area contributed by atoms with Crippen molar-refractivity contribution < 1.29 is 19.0 Å². The molecule has 140 valence electrons. The Morgan fingerprint density at radius 3 is 2.48 bits per heavy atom. The predicted octanol–water partition coefficient (Wildman–Crippen LogP) is 3.66. The lowest BCUT2D eigenvalue weighted by Crippen LogP contribution is -2.16. The topological polar surface area (TPSA) is 62.1 Å². The van der Waals surface area contributed by atoms with Crippen LogP contribution in [0, 0.1) is 0 Å². The molecule has 0 bridgehead atoms. The van der Waals surface area contributed by atoms with E-state index in [1.165, 1.54) is 18.4 Å². The number of benzene rings is 2. The summed E-state index contributed by atoms with van der Waals surface area (Å²) >= 11 is 1.42. The molecule has 0 fully saturated rings. The Hall–Kier alpha value is -3.06. The van der Waals surface area contributed by atoms with E-state index < -0.39 is 5.91 Å². The van der Waals surface area contributed by atoms with Crippen molar-refractivity contribution in [3.05, 3.63) is 59.4 Å². The minimum Gasteiger partial charge on any atom is -0.497 e. The Morgan fingerprint density at radius 2 is 1.81 bits per heavy atom. The normalized spacial score (nSPS) is 11.4. The highest BCUT2D eigenvalue weighted by molar-refractivity contribution is 7.16. The maximum absolute atomic E-state index is 12.9. The number of aromatic nitrogens is 1. The number of hydrogen-bond donors (Lipinski definition) is 0. The number of amides is 1. The predicted molar refractivity (Wildman–Crippen MR) is 106 cm³/mol. The summed E-state index contributed by atoms with van der Waals surface area (Å²) in [5.74, 6) is 1.36. The zero-order valence-corrected chi connectivity index (χ0v) is 16.2. The van der Waals surface area contributed by atoms with Gasteiger partial charge in [-0.15, -0.1) is 6.58 Å². The number of allylic oxidation sites excluding steroid dienone is 1. The van der Waals surface area contributed by atoms with E-state index in [0.29, 0.717) is 28.4 Å². The highest BCUT2D eigenvalue weighted by Gasteiger charge is 2.14. The third-order valence-corrected chi connectivity index (χ3v) is 5.08. The molecule has 0 aliphatic rings. The minimum atomic E-state index is -0.401. The quantitative estimate of drug-likeness (QED) is 0.609. The summed E-state index contributed by atoms with van der Waals surface area (Å²) in [4.78, 5) is 17.8. The van der Waals surface area contributed by atoms with Crippen LogP contribution in [0.5, 0.6) is 17.2 Å². The average Bonchev–Trinajstić information content (AvgIpc) is 3.03. The van der Waals surface area contributed by atoms with Gasteiger partial charge in [-0.3, -0.25) is 4.79 Å². The molecule has 0 atom stereocenters. The van der Waals surface area contributed by atoms with Gasteiger partial charge >= 0.3 is 0 Å². The number of thiazole rings is 1. The lowest BCUT2D eigenvalue weighted by molar-refractivity contribution is 0.0994. The smallest absolute Gasteiger partial charge is 0.283 e. The number of carbonyl (C=O) groups excluding carboxylic acids is 1. The summed E-state index contributed by atoms with van der Waals surface area (Å²) in [5, 5.41) is 0. The van der Waals surface area contributed by atoms with Crippen molar-refractivity contribution in [2.45, 2.75) is 6.54 Å². The van der Waals surface area contributed by atoms with Gasteiger partial charge in [0.2, 0.25) is 0 Å². The third-order valence-electron chi connectivity index (χ3n) is 4.04. The molecule has 0 saturated heterocycles. The molecule has 1 aromatic heterocycles. The van der Waals surface area contributed by atoms with E-state index in [1.54, 1.807) is 38.5 Å². The molecular weight excluding hydrogens is 364 g/mol. The molecule has 0 N–H and O–H groups in total. The summed E-state index contributed by atoms with van der Waals surface area (Å²) in [6.45, 7) is 4.34. The SMILES string of the molecule is C=CCn1c(=NC(=O)c2cc(OC)ccc2OC)sc2cc(OC)ccc21. The van der Waals surface area contributed by atoms with Crippen molar-refractivity contribution >= 4 is 27.5 Å². The second kappa shape index (κ2) is 8.09. The first-order chi connectivity index (χ1) is 13.1. The fraction of sp³-hybridized carbons (Fsp3) is 0.200. The second-order valence-electron chi connectivity index (χ2n) is 5.60. The van der Waals surface area contributed by atoms with Gasteiger partial charge in [-0.05, 0) is 36.4 Å². The highest BCUT2D eigenvalue weighted by Crippen LogP contribution is 2.26. The molecule has 7 heteroatoms. The number of fused-ring (bicyclic) bond motifs is 1. The highest BCUT2D eigenvalue weighted by atomic mass is 32.1. The Balaban J connectivity index is 2.16. The number of hydrogen-bond acceptors (Lipinski definition) is 5. The van der Waals surface area contributed by atoms with E-state index in [4.69, 9.17) is 14.2 Å². The molecule has 0 unspecified atom stereocenters. The molecule has 6 nitrogen and oxygen atoms in total. The van der Waals surface area contributed by atoms with E-state index >= 15 is 0 Å². The van der Waals surface area contributed by atoms with Crippen LogP contribution in [-0.4, -0.2) is 31.8 Å². The minimum absolute atomic E-state index is 0.344. The fourth-order valence-electron chi connectivity index (χ4n) is 2.70. The lowest BCUT2D eigenvalue weighted by Gasteiger charge is -2.07. The van der Waals surface area contributed by atoms with Crippen molar-refractivity contribution in [2.24, 2.45) is 4.99 Å². The maximum Gasteiger partial charge on any atom is 0.283 e. The van der Waals surface area contributed by atoms with Crippen LogP contribution in [0.1, 0.15) is 10.4 Å². The zero-order valence-electron chi connectivity index (χ0n) is 15.4. The van der Waals surface area contributed by atoms with Gasteiger partial charge in [0.05, 0.1) is 37.1 Å². The molecule has 0 aliphatic heterocycles. The second-order valence-corrected chi connectivity index (χ2v) is 6.61. The summed E-state index contributed by atoms with van der Waals surface area (Å²) < 4.78 is 18.7. The first-order valence-corrected chi connectivity index (χ1v) is 9.02. The molecule has 3 aromatic rings. The first-order valence-electron chi connectivity index (χ1n) is 8.20. The third kappa shape index (κ3) is 3.73. The fourth-order valence-corrected chi connectivity index (χ4v) is 3.77. The van der Waals surface area contributed by atoms with E-state index in [2.05, 4.69) is 11.6 Å². The summed E-state index contributed by atoms with van der Waals surface area (Å²) in [5.41, 5.74) is 1.31. The Bertz CT molecular complexity index is 1070. The van der Waals surface area contributed by atoms with Gasteiger partial charge in [-0.2, -0.15) is 4.99 Å². The molecule has 1 heterocycles. The van der Waals surface area contributed by atoms with Crippen LogP contribution in [0.25, 0.3) is 10.2 Å².